The van der Waals surface area contributed by atoms with Crippen LogP contribution < -0.4 is 5.32 Å². The number of halogens is 1. The zero-order valence-corrected chi connectivity index (χ0v) is 13.1. The Morgan fingerprint density at radius 2 is 2.29 bits per heavy atom. The maximum atomic E-state index is 13.4. The topological polar surface area (TPSA) is 49.3 Å². The quantitative estimate of drug-likeness (QED) is 0.794. The maximum Gasteiger partial charge on any atom is 0.252 e. The second-order valence-corrected chi connectivity index (χ2v) is 5.82. The van der Waals surface area contributed by atoms with E-state index in [1.165, 1.54) is 18.2 Å². The summed E-state index contributed by atoms with van der Waals surface area (Å²) in [5.41, 5.74) is 0.700. The van der Waals surface area contributed by atoms with Crippen molar-refractivity contribution in [1.29, 1.82) is 0 Å². The van der Waals surface area contributed by atoms with E-state index in [1.54, 1.807) is 11.8 Å². The SMILES string of the molecule is CCSCC(C)NC(=O)c1cc(F)ccc1C#CCCO. The lowest BCUT2D eigenvalue weighted by molar-refractivity contribution is 0.0943. The van der Waals surface area contributed by atoms with Crippen molar-refractivity contribution < 1.29 is 14.3 Å². The van der Waals surface area contributed by atoms with Crippen molar-refractivity contribution in [1.82, 2.24) is 5.32 Å². The van der Waals surface area contributed by atoms with Gasteiger partial charge in [-0.2, -0.15) is 11.8 Å². The summed E-state index contributed by atoms with van der Waals surface area (Å²) in [4.78, 5) is 12.2. The van der Waals surface area contributed by atoms with Gasteiger partial charge in [-0.25, -0.2) is 4.39 Å². The summed E-state index contributed by atoms with van der Waals surface area (Å²) in [6, 6.07) is 3.96. The monoisotopic (exact) mass is 309 g/mol. The third-order valence-electron chi connectivity index (χ3n) is 2.64. The molecule has 0 saturated carbocycles. The first-order valence-electron chi connectivity index (χ1n) is 6.86. The molecule has 0 bridgehead atoms. The average Bonchev–Trinajstić information content (AvgIpc) is 2.46. The fraction of sp³-hybridized carbons (Fsp3) is 0.438. The lowest BCUT2D eigenvalue weighted by Crippen LogP contribution is -2.34. The molecule has 1 amide bonds. The molecule has 0 radical (unpaired) electrons. The van der Waals surface area contributed by atoms with Gasteiger partial charge in [0.15, 0.2) is 0 Å². The van der Waals surface area contributed by atoms with Crippen LogP contribution in [0.1, 0.15) is 36.2 Å². The van der Waals surface area contributed by atoms with E-state index in [4.69, 9.17) is 5.11 Å². The summed E-state index contributed by atoms with van der Waals surface area (Å²) < 4.78 is 13.4. The molecule has 0 aliphatic heterocycles. The molecular weight excluding hydrogens is 289 g/mol. The number of hydrogen-bond acceptors (Lipinski definition) is 3. The molecule has 0 heterocycles. The van der Waals surface area contributed by atoms with Gasteiger partial charge >= 0.3 is 0 Å². The molecule has 1 atom stereocenters. The third-order valence-corrected chi connectivity index (χ3v) is 3.78. The zero-order chi connectivity index (χ0) is 15.7. The minimum absolute atomic E-state index is 0.00367. The molecule has 21 heavy (non-hydrogen) atoms. The number of carbonyl (C=O) groups excluding carboxylic acids is 1. The summed E-state index contributed by atoms with van der Waals surface area (Å²) in [7, 11) is 0. The highest BCUT2D eigenvalue weighted by Crippen LogP contribution is 2.11. The third kappa shape index (κ3) is 6.19. The van der Waals surface area contributed by atoms with E-state index in [0.717, 1.165) is 11.5 Å². The van der Waals surface area contributed by atoms with Crippen LogP contribution in [0.4, 0.5) is 4.39 Å². The molecule has 1 aromatic carbocycles. The van der Waals surface area contributed by atoms with Gasteiger partial charge in [0.05, 0.1) is 12.2 Å². The highest BCUT2D eigenvalue weighted by molar-refractivity contribution is 7.99. The van der Waals surface area contributed by atoms with Crippen molar-refractivity contribution >= 4 is 17.7 Å². The van der Waals surface area contributed by atoms with Crippen molar-refractivity contribution in [2.45, 2.75) is 26.3 Å². The van der Waals surface area contributed by atoms with Crippen LogP contribution >= 0.6 is 11.8 Å². The van der Waals surface area contributed by atoms with Gasteiger partial charge in [-0.1, -0.05) is 18.8 Å². The van der Waals surface area contributed by atoms with E-state index < -0.39 is 5.82 Å². The maximum absolute atomic E-state index is 13.4. The van der Waals surface area contributed by atoms with Crippen LogP contribution in [-0.2, 0) is 0 Å². The van der Waals surface area contributed by atoms with E-state index in [9.17, 15) is 9.18 Å². The molecular formula is C16H20FNO2S. The zero-order valence-electron chi connectivity index (χ0n) is 12.3. The molecule has 1 aromatic rings. The van der Waals surface area contributed by atoms with Crippen LogP contribution in [0.15, 0.2) is 18.2 Å². The van der Waals surface area contributed by atoms with Crippen molar-refractivity contribution in [3.63, 3.8) is 0 Å². The number of thioether (sulfide) groups is 1. The van der Waals surface area contributed by atoms with Gasteiger partial charge in [0, 0.05) is 23.8 Å². The number of aliphatic hydroxyl groups excluding tert-OH is 1. The van der Waals surface area contributed by atoms with E-state index in [-0.39, 0.29) is 24.1 Å². The minimum atomic E-state index is -0.469. The van der Waals surface area contributed by atoms with Crippen LogP contribution in [0.5, 0.6) is 0 Å². The van der Waals surface area contributed by atoms with Crippen molar-refractivity contribution in [2.75, 3.05) is 18.1 Å². The Bertz CT molecular complexity index is 537. The molecule has 1 unspecified atom stereocenters. The Morgan fingerprint density at radius 3 is 2.95 bits per heavy atom. The number of aliphatic hydroxyl groups is 1. The van der Waals surface area contributed by atoms with Crippen molar-refractivity contribution in [2.24, 2.45) is 0 Å². The first-order valence-corrected chi connectivity index (χ1v) is 8.01. The Morgan fingerprint density at radius 1 is 1.52 bits per heavy atom. The van der Waals surface area contributed by atoms with Crippen molar-refractivity contribution in [3.8, 4) is 11.8 Å². The lowest BCUT2D eigenvalue weighted by Gasteiger charge is -2.14. The first kappa shape index (κ1) is 17.5. The molecule has 2 N–H and O–H groups in total. The Hall–Kier alpha value is -1.51. The Labute approximate surface area is 129 Å². The van der Waals surface area contributed by atoms with Crippen LogP contribution in [0.3, 0.4) is 0 Å². The number of rotatable bonds is 6. The van der Waals surface area contributed by atoms with Crippen LogP contribution in [0.25, 0.3) is 0 Å². The number of benzene rings is 1. The molecule has 0 fully saturated rings. The molecule has 0 aromatic heterocycles. The van der Waals surface area contributed by atoms with Gasteiger partial charge in [0.25, 0.3) is 5.91 Å². The van der Waals surface area contributed by atoms with E-state index in [0.29, 0.717) is 12.0 Å². The fourth-order valence-electron chi connectivity index (χ4n) is 1.66. The summed E-state index contributed by atoms with van der Waals surface area (Å²) in [6.45, 7) is 3.93. The molecule has 0 spiro atoms. The van der Waals surface area contributed by atoms with Crippen LogP contribution in [0, 0.1) is 17.7 Å². The van der Waals surface area contributed by atoms with Crippen LogP contribution in [-0.4, -0.2) is 35.2 Å². The Balaban J connectivity index is 2.87. The molecule has 5 heteroatoms. The highest BCUT2D eigenvalue weighted by Gasteiger charge is 2.14. The number of amides is 1. The van der Waals surface area contributed by atoms with Crippen molar-refractivity contribution in [3.05, 3.63) is 35.1 Å². The average molecular weight is 309 g/mol. The summed E-state index contributed by atoms with van der Waals surface area (Å²) in [5.74, 6) is 6.54. The molecule has 0 saturated heterocycles. The second-order valence-electron chi connectivity index (χ2n) is 4.50. The number of nitrogens with one attached hydrogen (secondary N) is 1. The van der Waals surface area contributed by atoms with E-state index >= 15 is 0 Å². The van der Waals surface area contributed by atoms with Gasteiger partial charge in [0.1, 0.15) is 5.82 Å². The normalized spacial score (nSPS) is 11.4. The van der Waals surface area contributed by atoms with Gasteiger partial charge in [-0.3, -0.25) is 4.79 Å². The lowest BCUT2D eigenvalue weighted by atomic mass is 10.1. The Kier molecular flexibility index (Phi) is 7.88. The first-order chi connectivity index (χ1) is 10.1. The summed E-state index contributed by atoms with van der Waals surface area (Å²) in [6.07, 6.45) is 0.321. The summed E-state index contributed by atoms with van der Waals surface area (Å²) in [5, 5.41) is 11.6. The fourth-order valence-corrected chi connectivity index (χ4v) is 2.34. The summed E-state index contributed by atoms with van der Waals surface area (Å²) >= 11 is 1.73. The number of carbonyl (C=O) groups is 1. The van der Waals surface area contributed by atoms with Gasteiger partial charge < -0.3 is 10.4 Å². The molecule has 0 aliphatic carbocycles. The van der Waals surface area contributed by atoms with Gasteiger partial charge in [-0.05, 0) is 30.9 Å². The van der Waals surface area contributed by atoms with E-state index in [2.05, 4.69) is 24.1 Å². The number of hydrogen-bond donors (Lipinski definition) is 2. The van der Waals surface area contributed by atoms with Gasteiger partial charge in [-0.15, -0.1) is 0 Å². The highest BCUT2D eigenvalue weighted by atomic mass is 32.2. The van der Waals surface area contributed by atoms with Crippen LogP contribution in [0.2, 0.25) is 0 Å². The molecule has 3 nitrogen and oxygen atoms in total. The van der Waals surface area contributed by atoms with E-state index in [1.807, 2.05) is 6.92 Å². The molecule has 0 aliphatic rings. The standard InChI is InChI=1S/C16H20FNO2S/c1-3-21-11-12(2)18-16(20)15-10-14(17)8-7-13(15)6-4-5-9-19/h7-8,10,12,19H,3,5,9,11H2,1-2H3,(H,18,20). The second kappa shape index (κ2) is 9.43. The molecule has 114 valence electrons. The predicted molar refractivity (Wildman–Crippen MR) is 84.9 cm³/mol. The molecule has 1 rings (SSSR count). The van der Waals surface area contributed by atoms with Gasteiger partial charge in [0.2, 0.25) is 0 Å². The smallest absolute Gasteiger partial charge is 0.252 e. The largest absolute Gasteiger partial charge is 0.395 e. The minimum Gasteiger partial charge on any atom is -0.395 e. The predicted octanol–water partition coefficient (Wildman–Crippen LogP) is 2.43.